The van der Waals surface area contributed by atoms with Crippen LogP contribution in [0.3, 0.4) is 0 Å². The molecule has 0 saturated carbocycles. The molecule has 2 aliphatic rings. The Morgan fingerprint density at radius 1 is 1.03 bits per heavy atom. The van der Waals surface area contributed by atoms with Gasteiger partial charge in [0.1, 0.15) is 11.5 Å². The highest BCUT2D eigenvalue weighted by Crippen LogP contribution is 2.28. The van der Waals surface area contributed by atoms with Crippen LogP contribution in [0.2, 0.25) is 0 Å². The van der Waals surface area contributed by atoms with Crippen molar-refractivity contribution in [3.63, 3.8) is 0 Å². The number of hydrogen-bond donors (Lipinski definition) is 0. The van der Waals surface area contributed by atoms with Gasteiger partial charge in [-0.3, -0.25) is 4.79 Å². The molecule has 4 rings (SSSR count). The molecule has 2 aliphatic heterocycles. The minimum Gasteiger partial charge on any atom is -0.357 e. The van der Waals surface area contributed by atoms with Gasteiger partial charge in [-0.1, -0.05) is 19.3 Å². The lowest BCUT2D eigenvalue weighted by Gasteiger charge is -2.31. The number of carbonyl (C=O) groups is 1. The number of nitrogens with zero attached hydrogens (tertiary/aromatic N) is 5. The Balaban J connectivity index is 1.38. The van der Waals surface area contributed by atoms with Crippen molar-refractivity contribution in [2.45, 2.75) is 64.0 Å². The van der Waals surface area contributed by atoms with E-state index in [4.69, 9.17) is 4.98 Å². The Morgan fingerprint density at radius 3 is 2.36 bits per heavy atom. The summed E-state index contributed by atoms with van der Waals surface area (Å²) in [4.78, 5) is 22.1. The lowest BCUT2D eigenvalue weighted by Crippen LogP contribution is -2.36. The Morgan fingerprint density at radius 2 is 1.70 bits per heavy atom. The highest BCUT2D eigenvalue weighted by atomic mass is 19.4. The molecule has 0 unspecified atom stereocenters. The van der Waals surface area contributed by atoms with E-state index in [-0.39, 0.29) is 18.2 Å². The molecule has 0 N–H and O–H groups in total. The quantitative estimate of drug-likeness (QED) is 0.564. The highest BCUT2D eigenvalue weighted by Gasteiger charge is 2.30. The molecule has 0 amide bonds. The van der Waals surface area contributed by atoms with E-state index in [9.17, 15) is 18.0 Å². The van der Waals surface area contributed by atoms with E-state index in [2.05, 4.69) is 10.00 Å². The van der Waals surface area contributed by atoms with Gasteiger partial charge in [-0.25, -0.2) is 9.67 Å². The Hall–Kier alpha value is -2.16. The number of hydrogen-bond acceptors (Lipinski definition) is 5. The fourth-order valence-electron chi connectivity index (χ4n) is 5.04. The van der Waals surface area contributed by atoms with Crippen LogP contribution in [0.15, 0.2) is 12.1 Å². The molecule has 2 fully saturated rings. The van der Waals surface area contributed by atoms with Crippen molar-refractivity contribution in [1.29, 1.82) is 0 Å². The van der Waals surface area contributed by atoms with Gasteiger partial charge >= 0.3 is 6.18 Å². The predicted molar refractivity (Wildman–Crippen MR) is 123 cm³/mol. The zero-order chi connectivity index (χ0) is 23.4. The third-order valence-corrected chi connectivity index (χ3v) is 7.01. The van der Waals surface area contributed by atoms with Crippen LogP contribution in [0.25, 0.3) is 11.0 Å². The number of carbonyl (C=O) groups excluding carboxylic acids is 1. The molecule has 2 saturated heterocycles. The molecule has 0 atom stereocenters. The molecule has 33 heavy (non-hydrogen) atoms. The van der Waals surface area contributed by atoms with Crippen LogP contribution in [0, 0.1) is 5.92 Å². The molecule has 0 spiro atoms. The van der Waals surface area contributed by atoms with Crippen molar-refractivity contribution >= 4 is 22.6 Å². The summed E-state index contributed by atoms with van der Waals surface area (Å²) < 4.78 is 39.1. The minimum atomic E-state index is -4.12. The maximum absolute atomic E-state index is 13.1. The summed E-state index contributed by atoms with van der Waals surface area (Å²) >= 11 is 0. The lowest BCUT2D eigenvalue weighted by atomic mass is 9.90. The maximum atomic E-state index is 13.1. The standard InChI is InChI=1S/C24H34F3N5O/c1-30-23-19(7-8-21(28-23)32-12-5-3-2-4-6-13-32)22(29-30)20(33)17-18-9-14-31(15-10-18)16-11-24(25,26)27/h7-8,18H,2-6,9-17H2,1H3. The van der Waals surface area contributed by atoms with E-state index in [1.165, 1.54) is 32.1 Å². The van der Waals surface area contributed by atoms with Gasteiger partial charge in [0.25, 0.3) is 0 Å². The van der Waals surface area contributed by atoms with Crippen molar-refractivity contribution in [2.75, 3.05) is 37.6 Å². The number of pyridine rings is 1. The Bertz CT molecular complexity index is 941. The molecule has 0 aliphatic carbocycles. The van der Waals surface area contributed by atoms with Crippen LogP contribution < -0.4 is 4.90 Å². The summed E-state index contributed by atoms with van der Waals surface area (Å²) in [6.45, 7) is 3.27. The largest absolute Gasteiger partial charge is 0.390 e. The van der Waals surface area contributed by atoms with Crippen LogP contribution in [-0.4, -0.2) is 64.3 Å². The first-order chi connectivity index (χ1) is 15.8. The first-order valence-electron chi connectivity index (χ1n) is 12.2. The number of rotatable bonds is 6. The molecule has 2 aromatic heterocycles. The monoisotopic (exact) mass is 465 g/mol. The smallest absolute Gasteiger partial charge is 0.357 e. The van der Waals surface area contributed by atoms with Gasteiger partial charge in [0.2, 0.25) is 0 Å². The van der Waals surface area contributed by atoms with Gasteiger partial charge in [-0.2, -0.15) is 18.3 Å². The number of fused-ring (bicyclic) bond motifs is 1. The van der Waals surface area contributed by atoms with Gasteiger partial charge in [0.15, 0.2) is 11.4 Å². The molecular weight excluding hydrogens is 431 g/mol. The molecule has 2 aromatic rings. The first kappa shape index (κ1) is 24.0. The second kappa shape index (κ2) is 10.4. The van der Waals surface area contributed by atoms with Gasteiger partial charge in [0.05, 0.1) is 11.8 Å². The third-order valence-electron chi connectivity index (χ3n) is 7.01. The van der Waals surface area contributed by atoms with Crippen molar-refractivity contribution in [2.24, 2.45) is 13.0 Å². The normalized spacial score (nSPS) is 19.6. The number of alkyl halides is 3. The van der Waals surface area contributed by atoms with Gasteiger partial charge < -0.3 is 9.80 Å². The maximum Gasteiger partial charge on any atom is 0.390 e. The Labute approximate surface area is 193 Å². The molecule has 4 heterocycles. The molecule has 0 bridgehead atoms. The SMILES string of the molecule is Cn1nc(C(=O)CC2CCN(CCC(F)(F)F)CC2)c2ccc(N3CCCCCCC3)nc21. The summed E-state index contributed by atoms with van der Waals surface area (Å²) in [6, 6.07) is 3.97. The summed E-state index contributed by atoms with van der Waals surface area (Å²) in [5.74, 6) is 1.12. The molecule has 9 heteroatoms. The molecule has 6 nitrogen and oxygen atoms in total. The molecule has 182 valence electrons. The van der Waals surface area contributed by atoms with E-state index in [1.54, 1.807) is 4.68 Å². The fraction of sp³-hybridized carbons (Fsp3) is 0.708. The third kappa shape index (κ3) is 6.25. The van der Waals surface area contributed by atoms with E-state index >= 15 is 0 Å². The number of aromatic nitrogens is 3. The number of Topliss-reactive ketones (excluding diaryl/α,β-unsaturated/α-hetero) is 1. The number of aryl methyl sites for hydroxylation is 1. The summed E-state index contributed by atoms with van der Waals surface area (Å²) in [5.41, 5.74) is 1.18. The minimum absolute atomic E-state index is 0.00449. The van der Waals surface area contributed by atoms with Gasteiger partial charge in [0, 0.05) is 33.1 Å². The summed E-state index contributed by atoms with van der Waals surface area (Å²) in [7, 11) is 1.82. The zero-order valence-corrected chi connectivity index (χ0v) is 19.4. The van der Waals surface area contributed by atoms with Crippen LogP contribution in [0.1, 0.15) is 68.3 Å². The van der Waals surface area contributed by atoms with Gasteiger partial charge in [-0.15, -0.1) is 0 Å². The second-order valence-corrected chi connectivity index (χ2v) is 9.55. The number of piperidine rings is 1. The van der Waals surface area contributed by atoms with E-state index < -0.39 is 12.6 Å². The fourth-order valence-corrected chi connectivity index (χ4v) is 5.04. The number of anilines is 1. The lowest BCUT2D eigenvalue weighted by molar-refractivity contribution is -0.138. The molecular formula is C24H34F3N5O. The Kier molecular flexibility index (Phi) is 7.56. The van der Waals surface area contributed by atoms with Crippen LogP contribution in [0.5, 0.6) is 0 Å². The van der Waals surface area contributed by atoms with Crippen LogP contribution >= 0.6 is 0 Å². The summed E-state index contributed by atoms with van der Waals surface area (Å²) in [6.07, 6.45) is 3.13. The van der Waals surface area contributed by atoms with Gasteiger partial charge in [-0.05, 0) is 56.8 Å². The topological polar surface area (TPSA) is 54.3 Å². The van der Waals surface area contributed by atoms with E-state index in [0.29, 0.717) is 25.2 Å². The predicted octanol–water partition coefficient (Wildman–Crippen LogP) is 4.98. The van der Waals surface area contributed by atoms with Crippen LogP contribution in [-0.2, 0) is 7.05 Å². The second-order valence-electron chi connectivity index (χ2n) is 9.55. The number of halogens is 3. The van der Waals surface area contributed by atoms with Crippen molar-refractivity contribution < 1.29 is 18.0 Å². The number of ketones is 1. The molecule has 0 radical (unpaired) electrons. The first-order valence-corrected chi connectivity index (χ1v) is 12.2. The number of likely N-dealkylation sites (tertiary alicyclic amines) is 1. The molecule has 0 aromatic carbocycles. The van der Waals surface area contributed by atoms with Crippen LogP contribution in [0.4, 0.5) is 19.0 Å². The average Bonchev–Trinajstić information content (AvgIpc) is 3.09. The van der Waals surface area contributed by atoms with Crippen molar-refractivity contribution in [3.8, 4) is 0 Å². The van der Waals surface area contributed by atoms with E-state index in [0.717, 1.165) is 42.8 Å². The highest BCUT2D eigenvalue weighted by molar-refractivity contribution is 6.05. The zero-order valence-electron chi connectivity index (χ0n) is 19.4. The van der Waals surface area contributed by atoms with E-state index in [1.807, 2.05) is 24.1 Å². The van der Waals surface area contributed by atoms with Crippen molar-refractivity contribution in [1.82, 2.24) is 19.7 Å². The van der Waals surface area contributed by atoms with Crippen molar-refractivity contribution in [3.05, 3.63) is 17.8 Å². The average molecular weight is 466 g/mol. The summed E-state index contributed by atoms with van der Waals surface area (Å²) in [5, 5.41) is 5.28.